The monoisotopic (exact) mass is 366 g/mol. The van der Waals surface area contributed by atoms with Crippen molar-refractivity contribution < 1.29 is 9.16 Å². The van der Waals surface area contributed by atoms with E-state index in [0.717, 1.165) is 38.0 Å². The fourth-order valence-corrected chi connectivity index (χ4v) is 5.49. The standard InChI is InChI=1S/C16H35BrO2Si/c1-4-20(5-2,6-3)19-16-12-11-15-18-14-10-8-7-9-13-17/h4-16H2,1-3H3/q-1. The van der Waals surface area contributed by atoms with Crippen LogP contribution in [0.25, 0.3) is 0 Å². The SMILES string of the molecule is CC[Si-](CC)(CC)OCCCCOCCCCCCBr. The van der Waals surface area contributed by atoms with Gasteiger partial charge in [0.05, 0.1) is 0 Å². The van der Waals surface area contributed by atoms with Gasteiger partial charge in [0.25, 0.3) is 0 Å². The van der Waals surface area contributed by atoms with Crippen molar-refractivity contribution in [2.24, 2.45) is 0 Å². The Morgan fingerprint density at radius 2 is 1.20 bits per heavy atom. The van der Waals surface area contributed by atoms with Crippen LogP contribution < -0.4 is 0 Å². The van der Waals surface area contributed by atoms with Crippen molar-refractivity contribution >= 4 is 24.2 Å². The summed E-state index contributed by atoms with van der Waals surface area (Å²) in [5.41, 5.74) is 0. The van der Waals surface area contributed by atoms with Crippen LogP contribution in [0.2, 0.25) is 18.1 Å². The molecule has 2 nitrogen and oxygen atoms in total. The lowest BCUT2D eigenvalue weighted by Gasteiger charge is -2.41. The van der Waals surface area contributed by atoms with Gasteiger partial charge in [-0.3, -0.25) is 0 Å². The highest BCUT2D eigenvalue weighted by Gasteiger charge is 2.14. The molecule has 0 saturated heterocycles. The Bertz CT molecular complexity index is 191. The molecule has 0 aromatic carbocycles. The van der Waals surface area contributed by atoms with E-state index in [9.17, 15) is 0 Å². The van der Waals surface area contributed by atoms with E-state index in [-0.39, 0.29) is 0 Å². The van der Waals surface area contributed by atoms with Gasteiger partial charge in [0.2, 0.25) is 0 Å². The molecule has 0 aliphatic rings. The Morgan fingerprint density at radius 3 is 1.75 bits per heavy atom. The second-order valence-electron chi connectivity index (χ2n) is 5.51. The predicted molar refractivity (Wildman–Crippen MR) is 95.5 cm³/mol. The quantitative estimate of drug-likeness (QED) is 0.208. The highest BCUT2D eigenvalue weighted by molar-refractivity contribution is 9.09. The molecule has 0 unspecified atom stereocenters. The van der Waals surface area contributed by atoms with Gasteiger partial charge < -0.3 is 9.16 Å². The zero-order valence-corrected chi connectivity index (χ0v) is 16.5. The van der Waals surface area contributed by atoms with Crippen molar-refractivity contribution in [1.29, 1.82) is 0 Å². The van der Waals surface area contributed by atoms with E-state index in [1.807, 2.05) is 0 Å². The molecule has 0 saturated carbocycles. The lowest BCUT2D eigenvalue weighted by atomic mass is 10.2. The first-order valence-electron chi connectivity index (χ1n) is 8.52. The average molecular weight is 367 g/mol. The highest BCUT2D eigenvalue weighted by Crippen LogP contribution is 2.21. The molecule has 0 bridgehead atoms. The summed E-state index contributed by atoms with van der Waals surface area (Å²) in [5.74, 6) is 0. The van der Waals surface area contributed by atoms with Crippen LogP contribution in [0.1, 0.15) is 59.3 Å². The molecular formula is C16H35BrO2Si-. The summed E-state index contributed by atoms with van der Waals surface area (Å²) in [7, 11) is -1.36. The lowest BCUT2D eigenvalue weighted by Crippen LogP contribution is -2.36. The van der Waals surface area contributed by atoms with Crippen LogP contribution in [0.5, 0.6) is 0 Å². The third-order valence-corrected chi connectivity index (χ3v) is 9.44. The van der Waals surface area contributed by atoms with E-state index in [2.05, 4.69) is 36.7 Å². The third-order valence-electron chi connectivity index (χ3n) is 4.20. The number of hydrogen-bond donors (Lipinski definition) is 0. The van der Waals surface area contributed by atoms with Crippen molar-refractivity contribution in [2.75, 3.05) is 25.2 Å². The molecule has 0 aliphatic carbocycles. The van der Waals surface area contributed by atoms with Crippen molar-refractivity contribution in [3.63, 3.8) is 0 Å². The first kappa shape index (κ1) is 20.6. The normalized spacial score (nSPS) is 12.0. The molecule has 0 radical (unpaired) electrons. The second kappa shape index (κ2) is 14.5. The fraction of sp³-hybridized carbons (Fsp3) is 1.00. The molecule has 0 rings (SSSR count). The van der Waals surface area contributed by atoms with E-state index in [4.69, 9.17) is 9.16 Å². The number of alkyl halides is 1. The molecule has 0 aromatic heterocycles. The predicted octanol–water partition coefficient (Wildman–Crippen LogP) is 5.76. The van der Waals surface area contributed by atoms with Crippen molar-refractivity contribution in [3.8, 4) is 0 Å². The lowest BCUT2D eigenvalue weighted by molar-refractivity contribution is 0.122. The Hall–Kier alpha value is 0.617. The Labute approximate surface area is 136 Å². The summed E-state index contributed by atoms with van der Waals surface area (Å²) in [6, 6.07) is 3.76. The van der Waals surface area contributed by atoms with Gasteiger partial charge in [0.15, 0.2) is 0 Å². The molecule has 0 heterocycles. The Kier molecular flexibility index (Phi) is 15.0. The molecule has 0 spiro atoms. The number of ether oxygens (including phenoxy) is 1. The summed E-state index contributed by atoms with van der Waals surface area (Å²) in [6.45, 7) is 9.64. The fourth-order valence-electron chi connectivity index (χ4n) is 2.41. The van der Waals surface area contributed by atoms with Gasteiger partial charge in [0.1, 0.15) is 0 Å². The van der Waals surface area contributed by atoms with Crippen LogP contribution in [-0.2, 0) is 9.16 Å². The molecule has 0 amide bonds. The molecule has 0 aliphatic heterocycles. The maximum Gasteiger partial charge on any atom is 0.0466 e. The van der Waals surface area contributed by atoms with Gasteiger partial charge in [-0.05, 0) is 34.0 Å². The molecule has 0 atom stereocenters. The average Bonchev–Trinajstić information content (AvgIpc) is 2.49. The highest BCUT2D eigenvalue weighted by atomic mass is 79.9. The third kappa shape index (κ3) is 10.4. The van der Waals surface area contributed by atoms with E-state index < -0.39 is 8.32 Å². The van der Waals surface area contributed by atoms with Gasteiger partial charge in [-0.2, -0.15) is 0 Å². The minimum Gasteiger partial charge on any atom is -0.565 e. The number of rotatable bonds is 15. The van der Waals surface area contributed by atoms with Crippen molar-refractivity contribution in [2.45, 2.75) is 77.4 Å². The van der Waals surface area contributed by atoms with Crippen molar-refractivity contribution in [1.82, 2.24) is 0 Å². The number of unbranched alkanes of at least 4 members (excludes halogenated alkanes) is 4. The maximum absolute atomic E-state index is 6.23. The van der Waals surface area contributed by atoms with Gasteiger partial charge in [-0.15, -0.1) is 18.1 Å². The van der Waals surface area contributed by atoms with Gasteiger partial charge in [-0.1, -0.05) is 49.5 Å². The molecule has 123 valence electrons. The van der Waals surface area contributed by atoms with Crippen LogP contribution >= 0.6 is 15.9 Å². The minimum absolute atomic E-state index is 0.904. The van der Waals surface area contributed by atoms with E-state index in [0.29, 0.717) is 0 Å². The summed E-state index contributed by atoms with van der Waals surface area (Å²) in [6.07, 6.45) is 7.41. The topological polar surface area (TPSA) is 18.5 Å². The smallest absolute Gasteiger partial charge is 0.0466 e. The summed E-state index contributed by atoms with van der Waals surface area (Å²) in [4.78, 5) is 0. The van der Waals surface area contributed by atoms with E-state index >= 15 is 0 Å². The zero-order chi connectivity index (χ0) is 15.1. The first-order valence-corrected chi connectivity index (χ1v) is 12.2. The molecular weight excluding hydrogens is 332 g/mol. The van der Waals surface area contributed by atoms with Crippen LogP contribution in [0.4, 0.5) is 0 Å². The van der Waals surface area contributed by atoms with E-state index in [1.54, 1.807) is 0 Å². The number of hydrogen-bond acceptors (Lipinski definition) is 2. The minimum atomic E-state index is -1.36. The summed E-state index contributed by atoms with van der Waals surface area (Å²) >= 11 is 3.46. The van der Waals surface area contributed by atoms with Gasteiger partial charge in [0, 0.05) is 25.2 Å². The molecule has 20 heavy (non-hydrogen) atoms. The molecule has 0 fully saturated rings. The van der Waals surface area contributed by atoms with Crippen LogP contribution in [-0.4, -0.2) is 33.5 Å². The number of halogens is 1. The second-order valence-corrected chi connectivity index (χ2v) is 11.1. The molecule has 4 heteroatoms. The van der Waals surface area contributed by atoms with Gasteiger partial charge >= 0.3 is 0 Å². The van der Waals surface area contributed by atoms with Crippen LogP contribution in [0, 0.1) is 0 Å². The first-order chi connectivity index (χ1) is 9.74. The van der Waals surface area contributed by atoms with Crippen LogP contribution in [0.3, 0.4) is 0 Å². The Balaban J connectivity index is 3.32. The molecule has 0 aromatic rings. The zero-order valence-electron chi connectivity index (χ0n) is 13.9. The largest absolute Gasteiger partial charge is 0.565 e. The van der Waals surface area contributed by atoms with E-state index in [1.165, 1.54) is 43.8 Å². The molecule has 0 N–H and O–H groups in total. The van der Waals surface area contributed by atoms with Crippen molar-refractivity contribution in [3.05, 3.63) is 0 Å². The maximum atomic E-state index is 6.23. The van der Waals surface area contributed by atoms with Crippen LogP contribution in [0.15, 0.2) is 0 Å². The Morgan fingerprint density at radius 1 is 0.700 bits per heavy atom. The van der Waals surface area contributed by atoms with Gasteiger partial charge in [-0.25, -0.2) is 0 Å². The summed E-state index contributed by atoms with van der Waals surface area (Å²) in [5, 5.41) is 1.13. The summed E-state index contributed by atoms with van der Waals surface area (Å²) < 4.78 is 11.9.